The van der Waals surface area contributed by atoms with Crippen molar-refractivity contribution in [1.82, 2.24) is 4.90 Å². The van der Waals surface area contributed by atoms with Gasteiger partial charge in [-0.3, -0.25) is 4.90 Å². The van der Waals surface area contributed by atoms with Gasteiger partial charge in [0.15, 0.2) is 0 Å². The van der Waals surface area contributed by atoms with E-state index in [1.54, 1.807) is 0 Å². The van der Waals surface area contributed by atoms with Crippen LogP contribution >= 0.6 is 11.3 Å². The Hall–Kier alpha value is -0.430. The summed E-state index contributed by atoms with van der Waals surface area (Å²) in [6.45, 7) is 3.77. The molecule has 4 nitrogen and oxygen atoms in total. The highest BCUT2D eigenvalue weighted by Crippen LogP contribution is 2.40. The number of nitrogens with two attached hydrogens (primary N) is 1. The van der Waals surface area contributed by atoms with Gasteiger partial charge in [0.1, 0.15) is 9.84 Å². The molecule has 1 atom stereocenters. The van der Waals surface area contributed by atoms with Crippen LogP contribution in [0.25, 0.3) is 0 Å². The highest BCUT2D eigenvalue weighted by molar-refractivity contribution is 7.91. The first-order valence-corrected chi connectivity index (χ1v) is 9.91. The van der Waals surface area contributed by atoms with E-state index in [1.807, 2.05) is 11.3 Å². The predicted molar refractivity (Wildman–Crippen MR) is 82.8 cm³/mol. The molecular weight excluding hydrogens is 292 g/mol. The maximum Gasteiger partial charge on any atom is 0.150 e. The second-order valence-electron chi connectivity index (χ2n) is 6.00. The maximum atomic E-state index is 11.7. The van der Waals surface area contributed by atoms with Crippen LogP contribution in [0.1, 0.15) is 36.2 Å². The summed E-state index contributed by atoms with van der Waals surface area (Å²) in [6, 6.07) is 2.55. The molecule has 1 fully saturated rings. The summed E-state index contributed by atoms with van der Waals surface area (Å²) in [7, 11) is -2.85. The van der Waals surface area contributed by atoms with E-state index >= 15 is 0 Å². The largest absolute Gasteiger partial charge is 0.329 e. The molecule has 2 aliphatic heterocycles. The lowest BCUT2D eigenvalue weighted by atomic mass is 9.85. The van der Waals surface area contributed by atoms with Crippen molar-refractivity contribution in [3.8, 4) is 0 Å². The van der Waals surface area contributed by atoms with Crippen LogP contribution in [0.5, 0.6) is 0 Å². The summed E-state index contributed by atoms with van der Waals surface area (Å²) in [5.41, 5.74) is 7.35. The molecule has 6 heteroatoms. The third-order valence-electron chi connectivity index (χ3n) is 5.02. The van der Waals surface area contributed by atoms with Crippen LogP contribution in [0.3, 0.4) is 0 Å². The van der Waals surface area contributed by atoms with Crippen LogP contribution in [-0.2, 0) is 16.3 Å². The number of thiophene rings is 1. The molecule has 3 heterocycles. The van der Waals surface area contributed by atoms with Crippen molar-refractivity contribution in [2.75, 3.05) is 24.6 Å². The standard InChI is InChI=1S/C14H22N2O2S2/c1-11-12-3-7-19-13(12)2-6-16(11)14(10-15)4-8-20(17,18)9-5-14/h3,7,11H,2,4-6,8-10,15H2,1H3. The van der Waals surface area contributed by atoms with Crippen molar-refractivity contribution in [1.29, 1.82) is 0 Å². The Bertz CT molecular complexity index is 580. The zero-order valence-corrected chi connectivity index (χ0v) is 13.5. The fraction of sp³-hybridized carbons (Fsp3) is 0.714. The van der Waals surface area contributed by atoms with Gasteiger partial charge in [0.2, 0.25) is 0 Å². The lowest BCUT2D eigenvalue weighted by Gasteiger charge is -2.50. The van der Waals surface area contributed by atoms with Gasteiger partial charge in [0.05, 0.1) is 11.5 Å². The number of sulfone groups is 1. The molecule has 3 rings (SSSR count). The highest BCUT2D eigenvalue weighted by atomic mass is 32.2. The molecule has 1 unspecified atom stereocenters. The Labute approximate surface area is 124 Å². The quantitative estimate of drug-likeness (QED) is 0.900. The minimum Gasteiger partial charge on any atom is -0.329 e. The van der Waals surface area contributed by atoms with Crippen LogP contribution in [0.4, 0.5) is 0 Å². The molecule has 2 N–H and O–H groups in total. The first-order valence-electron chi connectivity index (χ1n) is 7.21. The summed E-state index contributed by atoms with van der Waals surface area (Å²) >= 11 is 1.83. The molecule has 0 amide bonds. The Morgan fingerprint density at radius 3 is 2.80 bits per heavy atom. The van der Waals surface area contributed by atoms with E-state index in [2.05, 4.69) is 23.3 Å². The van der Waals surface area contributed by atoms with E-state index in [4.69, 9.17) is 5.73 Å². The predicted octanol–water partition coefficient (Wildman–Crippen LogP) is 1.57. The Kier molecular flexibility index (Phi) is 3.69. The van der Waals surface area contributed by atoms with Crippen molar-refractivity contribution in [3.63, 3.8) is 0 Å². The molecule has 2 aliphatic rings. The number of hydrogen-bond acceptors (Lipinski definition) is 5. The fourth-order valence-electron chi connectivity index (χ4n) is 3.68. The van der Waals surface area contributed by atoms with E-state index < -0.39 is 9.84 Å². The van der Waals surface area contributed by atoms with E-state index in [-0.39, 0.29) is 17.0 Å². The number of hydrogen-bond donors (Lipinski definition) is 1. The summed E-state index contributed by atoms with van der Waals surface area (Å²) in [4.78, 5) is 3.95. The second kappa shape index (κ2) is 5.09. The normalized spacial score (nSPS) is 29.0. The summed E-state index contributed by atoms with van der Waals surface area (Å²) < 4.78 is 23.4. The van der Waals surface area contributed by atoms with Gasteiger partial charge in [-0.2, -0.15) is 0 Å². The van der Waals surface area contributed by atoms with E-state index in [0.717, 1.165) is 13.0 Å². The summed E-state index contributed by atoms with van der Waals surface area (Å²) in [5, 5.41) is 2.16. The molecule has 112 valence electrons. The zero-order chi connectivity index (χ0) is 14.4. The number of nitrogens with zero attached hydrogens (tertiary/aromatic N) is 1. The van der Waals surface area contributed by atoms with Gasteiger partial charge in [-0.1, -0.05) is 0 Å². The minimum absolute atomic E-state index is 0.135. The molecular formula is C14H22N2O2S2. The van der Waals surface area contributed by atoms with E-state index in [0.29, 0.717) is 25.4 Å². The van der Waals surface area contributed by atoms with Crippen LogP contribution < -0.4 is 5.73 Å². The molecule has 0 saturated carbocycles. The van der Waals surface area contributed by atoms with Gasteiger partial charge in [-0.15, -0.1) is 11.3 Å². The van der Waals surface area contributed by atoms with Crippen LogP contribution in [0.15, 0.2) is 11.4 Å². The van der Waals surface area contributed by atoms with Crippen LogP contribution in [0, 0.1) is 0 Å². The third kappa shape index (κ3) is 2.32. The minimum atomic E-state index is -2.85. The summed E-state index contributed by atoms with van der Waals surface area (Å²) in [5.74, 6) is 0.563. The van der Waals surface area contributed by atoms with Crippen molar-refractivity contribution >= 4 is 21.2 Å². The first kappa shape index (κ1) is 14.5. The van der Waals surface area contributed by atoms with E-state index in [9.17, 15) is 8.42 Å². The molecule has 0 aliphatic carbocycles. The van der Waals surface area contributed by atoms with Gasteiger partial charge < -0.3 is 5.73 Å². The Balaban J connectivity index is 1.88. The third-order valence-corrected chi connectivity index (χ3v) is 7.67. The Morgan fingerprint density at radius 2 is 2.15 bits per heavy atom. The van der Waals surface area contributed by atoms with Gasteiger partial charge in [0.25, 0.3) is 0 Å². The molecule has 1 aromatic rings. The van der Waals surface area contributed by atoms with Gasteiger partial charge in [0, 0.05) is 29.5 Å². The molecule has 1 aromatic heterocycles. The van der Waals surface area contributed by atoms with Crippen LogP contribution in [-0.4, -0.2) is 43.5 Å². The van der Waals surface area contributed by atoms with Crippen molar-refractivity contribution in [3.05, 3.63) is 21.9 Å². The summed E-state index contributed by atoms with van der Waals surface area (Å²) in [6.07, 6.45) is 2.41. The SMILES string of the molecule is CC1c2ccsc2CCN1C1(CN)CCS(=O)(=O)CC1. The second-order valence-corrected chi connectivity index (χ2v) is 9.30. The van der Waals surface area contributed by atoms with Crippen molar-refractivity contribution in [2.45, 2.75) is 37.8 Å². The monoisotopic (exact) mass is 314 g/mol. The molecule has 0 spiro atoms. The fourth-order valence-corrected chi connectivity index (χ4v) is 6.23. The molecule has 0 bridgehead atoms. The maximum absolute atomic E-state index is 11.7. The van der Waals surface area contributed by atoms with Gasteiger partial charge >= 0.3 is 0 Å². The highest BCUT2D eigenvalue weighted by Gasteiger charge is 2.44. The first-order chi connectivity index (χ1) is 9.47. The zero-order valence-electron chi connectivity index (χ0n) is 11.8. The van der Waals surface area contributed by atoms with Gasteiger partial charge in [-0.05, 0) is 43.2 Å². The lowest BCUT2D eigenvalue weighted by molar-refractivity contribution is 0.0391. The molecule has 0 radical (unpaired) electrons. The molecule has 20 heavy (non-hydrogen) atoms. The smallest absolute Gasteiger partial charge is 0.150 e. The number of fused-ring (bicyclic) bond motifs is 1. The lowest BCUT2D eigenvalue weighted by Crippen LogP contribution is -2.59. The van der Waals surface area contributed by atoms with Gasteiger partial charge in [-0.25, -0.2) is 8.42 Å². The average molecular weight is 314 g/mol. The Morgan fingerprint density at radius 1 is 1.45 bits per heavy atom. The molecule has 1 saturated heterocycles. The topological polar surface area (TPSA) is 63.4 Å². The van der Waals surface area contributed by atoms with Crippen LogP contribution in [0.2, 0.25) is 0 Å². The number of rotatable bonds is 2. The van der Waals surface area contributed by atoms with E-state index in [1.165, 1.54) is 10.4 Å². The van der Waals surface area contributed by atoms with Crippen molar-refractivity contribution < 1.29 is 8.42 Å². The van der Waals surface area contributed by atoms with Crippen molar-refractivity contribution in [2.24, 2.45) is 5.73 Å². The molecule has 0 aromatic carbocycles. The average Bonchev–Trinajstić information content (AvgIpc) is 2.90.